The first kappa shape index (κ1) is 18.0. The predicted octanol–water partition coefficient (Wildman–Crippen LogP) is 3.58. The maximum absolute atomic E-state index is 13.2. The number of nitrogens with zero attached hydrogens (tertiary/aromatic N) is 3. The average molecular weight is 380 g/mol. The Balaban J connectivity index is 1.49. The van der Waals surface area contributed by atoms with E-state index in [0.717, 1.165) is 18.9 Å². The van der Waals surface area contributed by atoms with Gasteiger partial charge in [0.2, 0.25) is 5.95 Å². The van der Waals surface area contributed by atoms with Gasteiger partial charge in [0.15, 0.2) is 5.79 Å². The molecule has 0 saturated carbocycles. The Kier molecular flexibility index (Phi) is 4.65. The summed E-state index contributed by atoms with van der Waals surface area (Å²) in [6, 6.07) is 7.01. The fraction of sp³-hybridized carbons (Fsp3) is 0.444. The van der Waals surface area contributed by atoms with E-state index in [2.05, 4.69) is 20.2 Å². The SMILES string of the molecule is FC(F)(F)c1ccccc1Nc1nccc(N2CCC3(CC2)OCCO3)n1. The van der Waals surface area contributed by atoms with Crippen LogP contribution >= 0.6 is 0 Å². The third-order valence-corrected chi connectivity index (χ3v) is 4.78. The first-order valence-electron chi connectivity index (χ1n) is 8.74. The Labute approximate surface area is 154 Å². The second-order valence-electron chi connectivity index (χ2n) is 6.50. The molecule has 1 aromatic carbocycles. The molecule has 0 amide bonds. The molecule has 1 N–H and O–H groups in total. The van der Waals surface area contributed by atoms with Gasteiger partial charge in [-0.3, -0.25) is 0 Å². The molecule has 0 aliphatic carbocycles. The second-order valence-corrected chi connectivity index (χ2v) is 6.50. The topological polar surface area (TPSA) is 59.5 Å². The fourth-order valence-electron chi connectivity index (χ4n) is 3.41. The molecule has 27 heavy (non-hydrogen) atoms. The molecule has 1 aromatic heterocycles. The lowest BCUT2D eigenvalue weighted by molar-refractivity contribution is -0.169. The van der Waals surface area contributed by atoms with Crippen molar-refractivity contribution >= 4 is 17.5 Å². The van der Waals surface area contributed by atoms with Gasteiger partial charge in [-0.15, -0.1) is 0 Å². The molecule has 9 heteroatoms. The quantitative estimate of drug-likeness (QED) is 0.878. The van der Waals surface area contributed by atoms with E-state index in [1.807, 2.05) is 0 Å². The van der Waals surface area contributed by atoms with E-state index in [0.29, 0.717) is 32.1 Å². The van der Waals surface area contributed by atoms with Gasteiger partial charge in [-0.2, -0.15) is 18.2 Å². The fourth-order valence-corrected chi connectivity index (χ4v) is 3.41. The highest BCUT2D eigenvalue weighted by Gasteiger charge is 2.40. The lowest BCUT2D eigenvalue weighted by Crippen LogP contribution is -2.45. The van der Waals surface area contributed by atoms with Crippen LogP contribution in [-0.4, -0.2) is 42.1 Å². The van der Waals surface area contributed by atoms with E-state index in [9.17, 15) is 13.2 Å². The van der Waals surface area contributed by atoms with Gasteiger partial charge in [0.25, 0.3) is 0 Å². The van der Waals surface area contributed by atoms with Crippen molar-refractivity contribution in [3.8, 4) is 0 Å². The van der Waals surface area contributed by atoms with Crippen LogP contribution in [0, 0.1) is 0 Å². The van der Waals surface area contributed by atoms with Crippen molar-refractivity contribution in [3.63, 3.8) is 0 Å². The van der Waals surface area contributed by atoms with Crippen molar-refractivity contribution in [3.05, 3.63) is 42.1 Å². The van der Waals surface area contributed by atoms with Crippen LogP contribution < -0.4 is 10.2 Å². The van der Waals surface area contributed by atoms with Crippen molar-refractivity contribution in [1.82, 2.24) is 9.97 Å². The summed E-state index contributed by atoms with van der Waals surface area (Å²) in [5, 5.41) is 2.69. The highest BCUT2D eigenvalue weighted by Crippen LogP contribution is 2.36. The zero-order valence-corrected chi connectivity index (χ0v) is 14.5. The number of rotatable bonds is 3. The minimum atomic E-state index is -4.45. The van der Waals surface area contributed by atoms with Gasteiger partial charge in [0.05, 0.1) is 24.5 Å². The van der Waals surface area contributed by atoms with Gasteiger partial charge in [-0.25, -0.2) is 4.98 Å². The van der Waals surface area contributed by atoms with Crippen LogP contribution in [0.1, 0.15) is 18.4 Å². The minimum absolute atomic E-state index is 0.0764. The molecule has 1 spiro atoms. The number of nitrogens with one attached hydrogen (secondary N) is 1. The number of hydrogen-bond donors (Lipinski definition) is 1. The standard InChI is InChI=1S/C18H19F3N4O2/c19-18(20,21)13-3-1-2-4-14(13)23-16-22-8-5-15(24-16)25-9-6-17(7-10-25)26-11-12-27-17/h1-5,8H,6-7,9-12H2,(H,22,23,24). The molecule has 2 fully saturated rings. The van der Waals surface area contributed by atoms with Crippen molar-refractivity contribution < 1.29 is 22.6 Å². The first-order chi connectivity index (χ1) is 13.0. The van der Waals surface area contributed by atoms with Crippen LogP contribution in [-0.2, 0) is 15.7 Å². The van der Waals surface area contributed by atoms with E-state index in [1.54, 1.807) is 6.07 Å². The molecule has 6 nitrogen and oxygen atoms in total. The van der Waals surface area contributed by atoms with Crippen LogP contribution in [0.25, 0.3) is 0 Å². The summed E-state index contributed by atoms with van der Waals surface area (Å²) in [6.45, 7) is 2.60. The predicted molar refractivity (Wildman–Crippen MR) is 92.8 cm³/mol. The molecule has 4 rings (SSSR count). The van der Waals surface area contributed by atoms with Gasteiger partial charge >= 0.3 is 6.18 Å². The summed E-state index contributed by atoms with van der Waals surface area (Å²) < 4.78 is 50.9. The zero-order valence-electron chi connectivity index (χ0n) is 14.5. The zero-order chi connectivity index (χ0) is 18.9. The normalized spacial score (nSPS) is 19.4. The summed E-state index contributed by atoms with van der Waals surface area (Å²) in [5.41, 5.74) is -0.832. The molecule has 2 saturated heterocycles. The van der Waals surface area contributed by atoms with E-state index in [4.69, 9.17) is 9.47 Å². The van der Waals surface area contributed by atoms with Crippen LogP contribution in [0.15, 0.2) is 36.5 Å². The smallest absolute Gasteiger partial charge is 0.356 e. The number of hydrogen-bond acceptors (Lipinski definition) is 6. The Hall–Kier alpha value is -2.39. The van der Waals surface area contributed by atoms with E-state index in [-0.39, 0.29) is 11.6 Å². The Bertz CT molecular complexity index is 799. The molecular weight excluding hydrogens is 361 g/mol. The number of benzene rings is 1. The number of ether oxygens (including phenoxy) is 2. The van der Waals surface area contributed by atoms with E-state index < -0.39 is 17.5 Å². The first-order valence-corrected chi connectivity index (χ1v) is 8.74. The second kappa shape index (κ2) is 6.97. The Morgan fingerprint density at radius 3 is 2.44 bits per heavy atom. The van der Waals surface area contributed by atoms with E-state index >= 15 is 0 Å². The Morgan fingerprint density at radius 1 is 1.04 bits per heavy atom. The third kappa shape index (κ3) is 3.84. The molecule has 2 aliphatic heterocycles. The van der Waals surface area contributed by atoms with Crippen LogP contribution in [0.3, 0.4) is 0 Å². The largest absolute Gasteiger partial charge is 0.418 e. The number of anilines is 3. The van der Waals surface area contributed by atoms with Crippen molar-refractivity contribution in [2.24, 2.45) is 0 Å². The molecule has 2 aliphatic rings. The molecule has 144 valence electrons. The van der Waals surface area contributed by atoms with Crippen molar-refractivity contribution in [1.29, 1.82) is 0 Å². The summed E-state index contributed by atoms with van der Waals surface area (Å²) in [4.78, 5) is 10.5. The molecule has 0 bridgehead atoms. The molecule has 0 atom stereocenters. The number of alkyl halides is 3. The van der Waals surface area contributed by atoms with Gasteiger partial charge in [-0.05, 0) is 18.2 Å². The lowest BCUT2D eigenvalue weighted by atomic mass is 10.0. The maximum Gasteiger partial charge on any atom is 0.418 e. The monoisotopic (exact) mass is 380 g/mol. The minimum Gasteiger partial charge on any atom is -0.356 e. The van der Waals surface area contributed by atoms with Gasteiger partial charge in [0, 0.05) is 32.1 Å². The lowest BCUT2D eigenvalue weighted by Gasteiger charge is -2.38. The average Bonchev–Trinajstić information content (AvgIpc) is 3.10. The molecule has 3 heterocycles. The summed E-state index contributed by atoms with van der Waals surface area (Å²) in [5.74, 6) is 0.290. The van der Waals surface area contributed by atoms with E-state index in [1.165, 1.54) is 24.4 Å². The molecule has 0 radical (unpaired) electrons. The molecule has 0 unspecified atom stereocenters. The van der Waals surface area contributed by atoms with Gasteiger partial charge in [0.1, 0.15) is 5.82 Å². The Morgan fingerprint density at radius 2 is 1.74 bits per heavy atom. The summed E-state index contributed by atoms with van der Waals surface area (Å²) >= 11 is 0. The highest BCUT2D eigenvalue weighted by atomic mass is 19.4. The van der Waals surface area contributed by atoms with Crippen molar-refractivity contribution in [2.75, 3.05) is 36.5 Å². The molecule has 2 aromatic rings. The summed E-state index contributed by atoms with van der Waals surface area (Å²) in [7, 11) is 0. The number of para-hydroxylation sites is 1. The number of aromatic nitrogens is 2. The molecular formula is C18H19F3N4O2. The third-order valence-electron chi connectivity index (χ3n) is 4.78. The van der Waals surface area contributed by atoms with Crippen LogP contribution in [0.5, 0.6) is 0 Å². The van der Waals surface area contributed by atoms with Crippen LogP contribution in [0.4, 0.5) is 30.6 Å². The highest BCUT2D eigenvalue weighted by molar-refractivity contribution is 5.60. The summed E-state index contributed by atoms with van der Waals surface area (Å²) in [6.07, 6.45) is -1.48. The van der Waals surface area contributed by atoms with Crippen LogP contribution in [0.2, 0.25) is 0 Å². The van der Waals surface area contributed by atoms with Gasteiger partial charge in [-0.1, -0.05) is 12.1 Å². The maximum atomic E-state index is 13.2. The number of halogens is 3. The van der Waals surface area contributed by atoms with Gasteiger partial charge < -0.3 is 19.7 Å². The van der Waals surface area contributed by atoms with Crippen molar-refractivity contribution in [2.45, 2.75) is 24.8 Å². The number of piperidine rings is 1.